The second-order valence-corrected chi connectivity index (χ2v) is 3.58. The summed E-state index contributed by atoms with van der Waals surface area (Å²) in [6, 6.07) is 6.52. The Hall–Kier alpha value is -2.30. The number of hydrogen-bond donors (Lipinski definition) is 1. The Labute approximate surface area is 96.8 Å². The number of benzene rings is 1. The average Bonchev–Trinajstić information content (AvgIpc) is 2.27. The topological polar surface area (TPSA) is 82.5 Å². The van der Waals surface area contributed by atoms with Gasteiger partial charge in [-0.1, -0.05) is 0 Å². The van der Waals surface area contributed by atoms with Crippen molar-refractivity contribution in [3.8, 4) is 5.75 Å². The smallest absolute Gasteiger partial charge is 0.336 e. The Kier molecular flexibility index (Phi) is 2.82. The van der Waals surface area contributed by atoms with Crippen LogP contribution in [0.25, 0.3) is 10.8 Å². The molecule has 1 amide bonds. The summed E-state index contributed by atoms with van der Waals surface area (Å²) in [6.07, 6.45) is -0.0983. The fourth-order valence-corrected chi connectivity index (χ4v) is 1.66. The maximum absolute atomic E-state index is 11.3. The number of rotatable bonds is 3. The lowest BCUT2D eigenvalue weighted by molar-refractivity contribution is -0.117. The molecule has 2 aromatic rings. The summed E-state index contributed by atoms with van der Waals surface area (Å²) in [5, 5.41) is 1.35. The minimum Gasteiger partial charge on any atom is -0.497 e. The molecule has 0 aliphatic rings. The van der Waals surface area contributed by atoms with Crippen LogP contribution in [0, 0.1) is 0 Å². The van der Waals surface area contributed by atoms with E-state index < -0.39 is 11.5 Å². The molecule has 0 radical (unpaired) electrons. The van der Waals surface area contributed by atoms with Crippen molar-refractivity contribution in [1.29, 1.82) is 0 Å². The van der Waals surface area contributed by atoms with E-state index in [1.165, 1.54) is 13.2 Å². The van der Waals surface area contributed by atoms with Crippen LogP contribution >= 0.6 is 0 Å². The second kappa shape index (κ2) is 4.29. The van der Waals surface area contributed by atoms with Crippen LogP contribution in [0.1, 0.15) is 5.76 Å². The van der Waals surface area contributed by atoms with Crippen molar-refractivity contribution in [1.82, 2.24) is 0 Å². The van der Waals surface area contributed by atoms with Gasteiger partial charge in [0.25, 0.3) is 0 Å². The van der Waals surface area contributed by atoms with Crippen LogP contribution in [0.4, 0.5) is 0 Å². The molecule has 0 bridgehead atoms. The zero-order valence-corrected chi connectivity index (χ0v) is 9.23. The third-order valence-electron chi connectivity index (χ3n) is 2.39. The highest BCUT2D eigenvalue weighted by Gasteiger charge is 2.09. The molecule has 0 spiro atoms. The Balaban J connectivity index is 2.67. The van der Waals surface area contributed by atoms with Crippen LogP contribution < -0.4 is 16.1 Å². The maximum atomic E-state index is 11.3. The summed E-state index contributed by atoms with van der Waals surface area (Å²) in [4.78, 5) is 22.2. The molecule has 0 aliphatic carbocycles. The van der Waals surface area contributed by atoms with E-state index in [0.717, 1.165) is 0 Å². The first kappa shape index (κ1) is 11.2. The molecule has 0 aliphatic heterocycles. The highest BCUT2D eigenvalue weighted by molar-refractivity contribution is 5.88. The molecule has 0 fully saturated rings. The summed E-state index contributed by atoms with van der Waals surface area (Å²) in [7, 11) is 1.54. The predicted octanol–water partition coefficient (Wildman–Crippen LogP) is 0.829. The van der Waals surface area contributed by atoms with Crippen molar-refractivity contribution in [2.75, 3.05) is 7.11 Å². The third-order valence-corrected chi connectivity index (χ3v) is 2.39. The molecule has 0 saturated carbocycles. The summed E-state index contributed by atoms with van der Waals surface area (Å²) in [5.41, 5.74) is 4.58. The molecule has 88 valence electrons. The molecule has 0 saturated heterocycles. The first-order valence-corrected chi connectivity index (χ1v) is 4.99. The first-order valence-electron chi connectivity index (χ1n) is 4.99. The molecule has 17 heavy (non-hydrogen) atoms. The minimum absolute atomic E-state index is 0.0983. The van der Waals surface area contributed by atoms with Gasteiger partial charge >= 0.3 is 5.63 Å². The Morgan fingerprint density at radius 3 is 2.82 bits per heavy atom. The van der Waals surface area contributed by atoms with Gasteiger partial charge in [-0.25, -0.2) is 4.79 Å². The summed E-state index contributed by atoms with van der Waals surface area (Å²) < 4.78 is 10.0. The number of methoxy groups -OCH3 is 1. The second-order valence-electron chi connectivity index (χ2n) is 3.58. The van der Waals surface area contributed by atoms with Crippen LogP contribution in [0.3, 0.4) is 0 Å². The highest BCUT2D eigenvalue weighted by atomic mass is 16.5. The van der Waals surface area contributed by atoms with Gasteiger partial charge in [-0.15, -0.1) is 0 Å². The molecule has 1 heterocycles. The first-order chi connectivity index (χ1) is 8.10. The fourth-order valence-electron chi connectivity index (χ4n) is 1.66. The minimum atomic E-state index is -0.545. The van der Waals surface area contributed by atoms with Gasteiger partial charge < -0.3 is 14.9 Å². The molecule has 1 aromatic carbocycles. The largest absolute Gasteiger partial charge is 0.497 e. The van der Waals surface area contributed by atoms with Gasteiger partial charge in [-0.2, -0.15) is 0 Å². The van der Waals surface area contributed by atoms with E-state index in [2.05, 4.69) is 0 Å². The van der Waals surface area contributed by atoms with Crippen LogP contribution in [-0.2, 0) is 11.2 Å². The quantitative estimate of drug-likeness (QED) is 0.851. The molecular formula is C12H11NO4. The van der Waals surface area contributed by atoms with E-state index >= 15 is 0 Å². The van der Waals surface area contributed by atoms with E-state index in [-0.39, 0.29) is 12.2 Å². The average molecular weight is 233 g/mol. The van der Waals surface area contributed by atoms with Gasteiger partial charge in [0.2, 0.25) is 5.91 Å². The van der Waals surface area contributed by atoms with Crippen molar-refractivity contribution in [2.45, 2.75) is 6.42 Å². The number of primary amides is 1. The maximum Gasteiger partial charge on any atom is 0.336 e. The standard InChI is InChI=1S/C12H11NO4/c1-16-8-2-3-9-7(4-8)5-12(15)17-10(9)6-11(13)14/h2-5H,6H2,1H3,(H2,13,14). The molecule has 0 atom stereocenters. The van der Waals surface area contributed by atoms with Gasteiger partial charge in [-0.05, 0) is 23.6 Å². The van der Waals surface area contributed by atoms with Crippen molar-refractivity contribution in [3.63, 3.8) is 0 Å². The van der Waals surface area contributed by atoms with E-state index in [1.54, 1.807) is 18.2 Å². The highest BCUT2D eigenvalue weighted by Crippen LogP contribution is 2.22. The number of ether oxygens (including phenoxy) is 1. The van der Waals surface area contributed by atoms with Crippen molar-refractivity contribution in [3.05, 3.63) is 40.4 Å². The molecule has 0 unspecified atom stereocenters. The number of fused-ring (bicyclic) bond motifs is 1. The van der Waals surface area contributed by atoms with Crippen molar-refractivity contribution < 1.29 is 13.9 Å². The molecular weight excluding hydrogens is 222 g/mol. The SMILES string of the molecule is COc1ccc2c(CC(N)=O)oc(=O)cc2c1. The van der Waals surface area contributed by atoms with Gasteiger partial charge in [0, 0.05) is 11.5 Å². The predicted molar refractivity (Wildman–Crippen MR) is 61.9 cm³/mol. The lowest BCUT2D eigenvalue weighted by Crippen LogP contribution is -2.15. The summed E-state index contributed by atoms with van der Waals surface area (Å²) >= 11 is 0. The van der Waals surface area contributed by atoms with E-state index in [4.69, 9.17) is 14.9 Å². The van der Waals surface area contributed by atoms with Gasteiger partial charge in [-0.3, -0.25) is 4.79 Å². The van der Waals surface area contributed by atoms with E-state index in [9.17, 15) is 9.59 Å². The summed E-state index contributed by atoms with van der Waals surface area (Å²) in [5.74, 6) is 0.368. The number of carbonyl (C=O) groups excluding carboxylic acids is 1. The van der Waals surface area contributed by atoms with Crippen molar-refractivity contribution in [2.24, 2.45) is 5.73 Å². The number of nitrogens with two attached hydrogens (primary N) is 1. The molecule has 1 aromatic heterocycles. The summed E-state index contributed by atoms with van der Waals surface area (Å²) in [6.45, 7) is 0. The van der Waals surface area contributed by atoms with Crippen LogP contribution in [-0.4, -0.2) is 13.0 Å². The molecule has 5 heteroatoms. The van der Waals surface area contributed by atoms with E-state index in [1.807, 2.05) is 0 Å². The van der Waals surface area contributed by atoms with Gasteiger partial charge in [0.1, 0.15) is 11.5 Å². The van der Waals surface area contributed by atoms with Gasteiger partial charge in [0.05, 0.1) is 13.5 Å². The fraction of sp³-hybridized carbons (Fsp3) is 0.167. The Morgan fingerprint density at radius 1 is 1.41 bits per heavy atom. The van der Waals surface area contributed by atoms with Crippen LogP contribution in [0.15, 0.2) is 33.5 Å². The zero-order valence-electron chi connectivity index (χ0n) is 9.23. The number of carbonyl (C=O) groups is 1. The zero-order chi connectivity index (χ0) is 12.4. The molecule has 2 rings (SSSR count). The Bertz CT molecular complexity index is 630. The van der Waals surface area contributed by atoms with E-state index in [0.29, 0.717) is 16.5 Å². The third kappa shape index (κ3) is 2.28. The lowest BCUT2D eigenvalue weighted by atomic mass is 10.1. The van der Waals surface area contributed by atoms with Gasteiger partial charge in [0.15, 0.2) is 0 Å². The number of amides is 1. The van der Waals surface area contributed by atoms with Crippen molar-refractivity contribution >= 4 is 16.7 Å². The monoisotopic (exact) mass is 233 g/mol. The Morgan fingerprint density at radius 2 is 2.18 bits per heavy atom. The van der Waals surface area contributed by atoms with Crippen LogP contribution in [0.2, 0.25) is 0 Å². The van der Waals surface area contributed by atoms with Crippen LogP contribution in [0.5, 0.6) is 5.75 Å². The molecule has 2 N–H and O–H groups in total. The molecule has 5 nitrogen and oxygen atoms in total. The number of hydrogen-bond acceptors (Lipinski definition) is 4. The normalized spacial score (nSPS) is 10.4. The lowest BCUT2D eigenvalue weighted by Gasteiger charge is -2.05.